The van der Waals surface area contributed by atoms with Crippen molar-refractivity contribution in [2.75, 3.05) is 14.8 Å². The zero-order chi connectivity index (χ0) is 18.2. The summed E-state index contributed by atoms with van der Waals surface area (Å²) in [5, 5.41) is 0. The summed E-state index contributed by atoms with van der Waals surface area (Å²) < 4.78 is 51.8. The second-order valence-electron chi connectivity index (χ2n) is 5.60. The molecule has 0 bridgehead atoms. The van der Waals surface area contributed by atoms with Gasteiger partial charge in [0.05, 0.1) is 22.3 Å². The first-order valence-electron chi connectivity index (χ1n) is 7.31. The molecule has 25 heavy (non-hydrogen) atoms. The molecule has 0 spiro atoms. The maximum Gasteiger partial charge on any atom is 0.263 e. The molecule has 8 nitrogen and oxygen atoms in total. The number of nitrogens with one attached hydrogen (secondary N) is 1. The highest BCUT2D eigenvalue weighted by atomic mass is 32.2. The molecule has 1 aliphatic heterocycles. The SMILES string of the molecule is CC1CS(=O)(=O)N(c2ccc(S(=O)(=O)Nc3ccccn3)cc2)C1=O. The topological polar surface area (TPSA) is 114 Å². The third-order valence-electron chi connectivity index (χ3n) is 3.65. The number of rotatable bonds is 4. The number of amides is 1. The van der Waals surface area contributed by atoms with Gasteiger partial charge in [-0.15, -0.1) is 0 Å². The molecule has 1 aliphatic rings. The number of carbonyl (C=O) groups is 1. The molecule has 1 atom stereocenters. The highest BCUT2D eigenvalue weighted by Gasteiger charge is 2.41. The summed E-state index contributed by atoms with van der Waals surface area (Å²) in [5.41, 5.74) is 0.117. The lowest BCUT2D eigenvalue weighted by molar-refractivity contribution is -0.119. The van der Waals surface area contributed by atoms with E-state index in [9.17, 15) is 21.6 Å². The van der Waals surface area contributed by atoms with Crippen LogP contribution in [0, 0.1) is 5.92 Å². The van der Waals surface area contributed by atoms with Crippen LogP contribution in [0.3, 0.4) is 0 Å². The Labute approximate surface area is 145 Å². The predicted octanol–water partition coefficient (Wildman–Crippen LogP) is 1.19. The molecule has 0 radical (unpaired) electrons. The van der Waals surface area contributed by atoms with Gasteiger partial charge in [-0.2, -0.15) is 0 Å². The fraction of sp³-hybridized carbons (Fsp3) is 0.200. The van der Waals surface area contributed by atoms with Crippen molar-refractivity contribution in [3.8, 4) is 0 Å². The molecule has 1 N–H and O–H groups in total. The maximum absolute atomic E-state index is 12.3. The summed E-state index contributed by atoms with van der Waals surface area (Å²) in [7, 11) is -7.60. The smallest absolute Gasteiger partial charge is 0.263 e. The molecule has 10 heteroatoms. The summed E-state index contributed by atoms with van der Waals surface area (Å²) in [6, 6.07) is 9.86. The van der Waals surface area contributed by atoms with Gasteiger partial charge < -0.3 is 0 Å². The number of aromatic nitrogens is 1. The highest BCUT2D eigenvalue weighted by molar-refractivity contribution is 7.94. The maximum atomic E-state index is 12.3. The van der Waals surface area contributed by atoms with Gasteiger partial charge >= 0.3 is 0 Å². The van der Waals surface area contributed by atoms with E-state index in [-0.39, 0.29) is 22.2 Å². The highest BCUT2D eigenvalue weighted by Crippen LogP contribution is 2.29. The molecule has 0 aliphatic carbocycles. The van der Waals surface area contributed by atoms with Gasteiger partial charge in [0.2, 0.25) is 15.9 Å². The summed E-state index contributed by atoms with van der Waals surface area (Å²) in [5.74, 6) is -1.24. The van der Waals surface area contributed by atoms with E-state index in [1.54, 1.807) is 12.1 Å². The molecule has 1 fully saturated rings. The number of nitrogens with zero attached hydrogens (tertiary/aromatic N) is 2. The van der Waals surface area contributed by atoms with E-state index in [2.05, 4.69) is 9.71 Å². The molecule has 1 unspecified atom stereocenters. The fourth-order valence-electron chi connectivity index (χ4n) is 2.47. The number of pyridine rings is 1. The normalized spacial score (nSPS) is 19.8. The second-order valence-corrected chi connectivity index (χ2v) is 9.14. The Morgan fingerprint density at radius 1 is 1.16 bits per heavy atom. The number of anilines is 2. The zero-order valence-electron chi connectivity index (χ0n) is 13.2. The fourth-order valence-corrected chi connectivity index (χ4v) is 5.30. The van der Waals surface area contributed by atoms with E-state index < -0.39 is 31.9 Å². The molecule has 2 aromatic rings. The largest absolute Gasteiger partial charge is 0.273 e. The first-order valence-corrected chi connectivity index (χ1v) is 10.4. The van der Waals surface area contributed by atoms with Crippen LogP contribution in [0.4, 0.5) is 11.5 Å². The number of carbonyl (C=O) groups excluding carboxylic acids is 1. The number of hydrogen-bond acceptors (Lipinski definition) is 6. The molecule has 0 saturated carbocycles. The third-order valence-corrected chi connectivity index (χ3v) is 6.88. The minimum absolute atomic E-state index is 0.0704. The van der Waals surface area contributed by atoms with Crippen molar-refractivity contribution in [2.45, 2.75) is 11.8 Å². The molecule has 1 aromatic carbocycles. The van der Waals surface area contributed by atoms with Crippen molar-refractivity contribution >= 4 is 37.5 Å². The van der Waals surface area contributed by atoms with E-state index >= 15 is 0 Å². The van der Waals surface area contributed by atoms with Gasteiger partial charge in [-0.25, -0.2) is 26.1 Å². The van der Waals surface area contributed by atoms with Crippen LogP contribution in [0.1, 0.15) is 6.92 Å². The summed E-state index contributed by atoms with van der Waals surface area (Å²) >= 11 is 0. The van der Waals surface area contributed by atoms with Gasteiger partial charge in [-0.1, -0.05) is 13.0 Å². The Hall–Kier alpha value is -2.46. The lowest BCUT2D eigenvalue weighted by Crippen LogP contribution is -2.30. The first kappa shape index (κ1) is 17.4. The summed E-state index contributed by atoms with van der Waals surface area (Å²) in [6.45, 7) is 1.54. The average Bonchev–Trinajstić information content (AvgIpc) is 2.75. The molecule has 132 valence electrons. The van der Waals surface area contributed by atoms with Gasteiger partial charge in [-0.3, -0.25) is 9.52 Å². The average molecular weight is 381 g/mol. The molecule has 2 heterocycles. The van der Waals surface area contributed by atoms with Crippen LogP contribution in [-0.2, 0) is 24.8 Å². The monoisotopic (exact) mass is 381 g/mol. The first-order chi connectivity index (χ1) is 11.7. The van der Waals surface area contributed by atoms with E-state index in [4.69, 9.17) is 0 Å². The Bertz CT molecular complexity index is 1000. The molecule has 1 amide bonds. The van der Waals surface area contributed by atoms with Crippen molar-refractivity contribution in [2.24, 2.45) is 5.92 Å². The Balaban J connectivity index is 1.89. The summed E-state index contributed by atoms with van der Waals surface area (Å²) in [6.07, 6.45) is 1.45. The van der Waals surface area contributed by atoms with Crippen molar-refractivity contribution < 1.29 is 21.6 Å². The molecular formula is C15H15N3O5S2. The van der Waals surface area contributed by atoms with Crippen molar-refractivity contribution in [1.82, 2.24) is 4.98 Å². The minimum atomic E-state index is -3.87. The van der Waals surface area contributed by atoms with Crippen LogP contribution in [0.25, 0.3) is 0 Å². The number of benzene rings is 1. The van der Waals surface area contributed by atoms with Crippen molar-refractivity contribution in [1.29, 1.82) is 0 Å². The third kappa shape index (κ3) is 3.35. The van der Waals surface area contributed by atoms with Gasteiger partial charge in [0.1, 0.15) is 5.82 Å². The summed E-state index contributed by atoms with van der Waals surface area (Å²) in [4.78, 5) is 15.9. The molecule has 3 rings (SSSR count). The molecular weight excluding hydrogens is 366 g/mol. The predicted molar refractivity (Wildman–Crippen MR) is 91.9 cm³/mol. The van der Waals surface area contributed by atoms with Crippen molar-refractivity contribution in [3.05, 3.63) is 48.7 Å². The molecule has 1 saturated heterocycles. The lowest BCUT2D eigenvalue weighted by Gasteiger charge is -2.15. The van der Waals surface area contributed by atoms with Crippen LogP contribution >= 0.6 is 0 Å². The van der Waals surface area contributed by atoms with Gasteiger partial charge in [0.15, 0.2) is 0 Å². The second kappa shape index (κ2) is 6.12. The van der Waals surface area contributed by atoms with Crippen LogP contribution in [-0.4, -0.2) is 33.5 Å². The molecule has 1 aromatic heterocycles. The zero-order valence-corrected chi connectivity index (χ0v) is 14.8. The Morgan fingerprint density at radius 3 is 2.36 bits per heavy atom. The minimum Gasteiger partial charge on any atom is -0.273 e. The lowest BCUT2D eigenvalue weighted by atomic mass is 10.2. The van der Waals surface area contributed by atoms with Gasteiger partial charge in [-0.05, 0) is 36.4 Å². The van der Waals surface area contributed by atoms with E-state index in [0.717, 1.165) is 4.31 Å². The van der Waals surface area contributed by atoms with E-state index in [1.165, 1.54) is 43.5 Å². The van der Waals surface area contributed by atoms with Crippen LogP contribution in [0.2, 0.25) is 0 Å². The number of sulfonamides is 2. The van der Waals surface area contributed by atoms with E-state index in [1.807, 2.05) is 0 Å². The van der Waals surface area contributed by atoms with Crippen LogP contribution < -0.4 is 9.03 Å². The Kier molecular flexibility index (Phi) is 4.25. The van der Waals surface area contributed by atoms with Crippen LogP contribution in [0.5, 0.6) is 0 Å². The Morgan fingerprint density at radius 2 is 1.84 bits per heavy atom. The van der Waals surface area contributed by atoms with Crippen LogP contribution in [0.15, 0.2) is 53.6 Å². The quantitative estimate of drug-likeness (QED) is 0.851. The van der Waals surface area contributed by atoms with Crippen molar-refractivity contribution in [3.63, 3.8) is 0 Å². The van der Waals surface area contributed by atoms with Gasteiger partial charge in [0.25, 0.3) is 10.0 Å². The van der Waals surface area contributed by atoms with E-state index in [0.29, 0.717) is 0 Å². The van der Waals surface area contributed by atoms with Gasteiger partial charge in [0, 0.05) is 6.20 Å². The number of hydrogen-bond donors (Lipinski definition) is 1. The standard InChI is InChI=1S/C15H15N3O5S2/c1-11-10-24(20,21)18(15(11)19)12-5-7-13(8-6-12)25(22,23)17-14-4-2-3-9-16-14/h2-9,11H,10H2,1H3,(H,16,17).